The lowest BCUT2D eigenvalue weighted by atomic mass is 9.75. The molecule has 1 heterocycles. The van der Waals surface area contributed by atoms with Crippen molar-refractivity contribution in [2.75, 3.05) is 0 Å². The smallest absolute Gasteiger partial charge is 0.123 e. The van der Waals surface area contributed by atoms with Crippen LogP contribution < -0.4 is 5.73 Å². The van der Waals surface area contributed by atoms with Crippen LogP contribution in [0.5, 0.6) is 0 Å². The van der Waals surface area contributed by atoms with E-state index in [1.54, 1.807) is 12.1 Å². The van der Waals surface area contributed by atoms with Crippen molar-refractivity contribution in [3.8, 4) is 0 Å². The van der Waals surface area contributed by atoms with Crippen LogP contribution in [0, 0.1) is 17.7 Å². The number of rotatable bonds is 4. The first-order valence-corrected chi connectivity index (χ1v) is 9.00. The first-order valence-electron chi connectivity index (χ1n) is 9.00. The number of nitrogens with two attached hydrogens (primary N) is 1. The fraction of sp³-hybridized carbons (Fsp3) is 0.550. The molecule has 0 amide bonds. The molecule has 2 N–H and O–H groups in total. The third-order valence-corrected chi connectivity index (χ3v) is 5.86. The fourth-order valence-electron chi connectivity index (χ4n) is 4.31. The lowest BCUT2D eigenvalue weighted by Gasteiger charge is -2.31. The third-order valence-electron chi connectivity index (χ3n) is 5.86. The summed E-state index contributed by atoms with van der Waals surface area (Å²) in [6.07, 6.45) is 10.6. The van der Waals surface area contributed by atoms with E-state index in [0.717, 1.165) is 22.7 Å². The summed E-state index contributed by atoms with van der Waals surface area (Å²) < 4.78 is 13.6. The van der Waals surface area contributed by atoms with Crippen LogP contribution in [0.25, 0.3) is 10.9 Å². The Bertz CT molecular complexity index is 693. The molecule has 1 aromatic carbocycles. The molecule has 0 radical (unpaired) electrons. The standard InChI is InChI=1S/C20H25FN2.ClH/c21-16-7-8-20-18(12-16)17(9-10-23-20)14-3-1-13(2-4-14)11-19(22)15-5-6-15;/h7-10,12-15,19H,1-6,11,22H2;1H. The van der Waals surface area contributed by atoms with Gasteiger partial charge in [-0.25, -0.2) is 4.39 Å². The topological polar surface area (TPSA) is 38.9 Å². The fourth-order valence-corrected chi connectivity index (χ4v) is 4.31. The average Bonchev–Trinajstić information content (AvgIpc) is 3.40. The highest BCUT2D eigenvalue weighted by Gasteiger charge is 2.32. The molecule has 4 heteroatoms. The molecule has 1 aromatic heterocycles. The van der Waals surface area contributed by atoms with E-state index in [2.05, 4.69) is 11.1 Å². The second-order valence-electron chi connectivity index (χ2n) is 7.52. The van der Waals surface area contributed by atoms with E-state index < -0.39 is 0 Å². The maximum atomic E-state index is 13.6. The van der Waals surface area contributed by atoms with Crippen molar-refractivity contribution in [1.29, 1.82) is 0 Å². The summed E-state index contributed by atoms with van der Waals surface area (Å²) in [7, 11) is 0. The summed E-state index contributed by atoms with van der Waals surface area (Å²) in [5.41, 5.74) is 8.48. The van der Waals surface area contributed by atoms with E-state index in [4.69, 9.17) is 5.73 Å². The molecule has 2 saturated carbocycles. The zero-order valence-corrected chi connectivity index (χ0v) is 14.8. The number of benzene rings is 1. The predicted octanol–water partition coefficient (Wildman–Crippen LogP) is 5.20. The molecule has 0 saturated heterocycles. The number of aromatic nitrogens is 1. The number of hydrogen-bond acceptors (Lipinski definition) is 2. The van der Waals surface area contributed by atoms with Crippen LogP contribution in [0.4, 0.5) is 4.39 Å². The Morgan fingerprint density at radius 2 is 1.83 bits per heavy atom. The van der Waals surface area contributed by atoms with Crippen molar-refractivity contribution in [1.82, 2.24) is 4.98 Å². The van der Waals surface area contributed by atoms with E-state index in [0.29, 0.717) is 12.0 Å². The Kier molecular flexibility index (Phi) is 5.41. The highest BCUT2D eigenvalue weighted by atomic mass is 35.5. The summed E-state index contributed by atoms with van der Waals surface area (Å²) >= 11 is 0. The SMILES string of the molecule is Cl.NC(CC1CCC(c2ccnc3ccc(F)cc23)CC1)C1CC1. The van der Waals surface area contributed by atoms with E-state index in [1.165, 1.54) is 56.6 Å². The van der Waals surface area contributed by atoms with Crippen LogP contribution in [0.3, 0.4) is 0 Å². The van der Waals surface area contributed by atoms with Gasteiger partial charge in [0.15, 0.2) is 0 Å². The second kappa shape index (κ2) is 7.37. The first-order chi connectivity index (χ1) is 11.2. The Morgan fingerprint density at radius 1 is 1.08 bits per heavy atom. The third kappa shape index (κ3) is 3.73. The van der Waals surface area contributed by atoms with Gasteiger partial charge in [0.2, 0.25) is 0 Å². The summed E-state index contributed by atoms with van der Waals surface area (Å²) in [5, 5.41) is 0.991. The predicted molar refractivity (Wildman–Crippen MR) is 99.0 cm³/mol. The lowest BCUT2D eigenvalue weighted by molar-refractivity contribution is 0.286. The summed E-state index contributed by atoms with van der Waals surface area (Å²) in [4.78, 5) is 4.38. The summed E-state index contributed by atoms with van der Waals surface area (Å²) in [6.45, 7) is 0. The highest BCUT2D eigenvalue weighted by Crippen LogP contribution is 2.41. The van der Waals surface area contributed by atoms with Gasteiger partial charge in [-0.3, -0.25) is 4.98 Å². The van der Waals surface area contributed by atoms with Gasteiger partial charge in [-0.15, -0.1) is 12.4 Å². The normalized spacial score (nSPS) is 25.2. The van der Waals surface area contributed by atoms with E-state index >= 15 is 0 Å². The number of nitrogens with zero attached hydrogens (tertiary/aromatic N) is 1. The maximum Gasteiger partial charge on any atom is 0.123 e. The molecule has 2 fully saturated rings. The van der Waals surface area contributed by atoms with Gasteiger partial charge in [0.1, 0.15) is 5.82 Å². The van der Waals surface area contributed by atoms with Gasteiger partial charge in [0.25, 0.3) is 0 Å². The number of pyridine rings is 1. The van der Waals surface area contributed by atoms with Crippen LogP contribution in [-0.2, 0) is 0 Å². The zero-order chi connectivity index (χ0) is 15.8. The quantitative estimate of drug-likeness (QED) is 0.825. The summed E-state index contributed by atoms with van der Waals surface area (Å²) in [5.74, 6) is 1.96. The van der Waals surface area contributed by atoms with Crippen molar-refractivity contribution in [2.45, 2.75) is 56.9 Å². The monoisotopic (exact) mass is 348 g/mol. The second-order valence-corrected chi connectivity index (χ2v) is 7.52. The van der Waals surface area contributed by atoms with Gasteiger partial charge in [-0.2, -0.15) is 0 Å². The molecular weight excluding hydrogens is 323 g/mol. The van der Waals surface area contributed by atoms with Crippen molar-refractivity contribution in [3.05, 3.63) is 41.8 Å². The van der Waals surface area contributed by atoms with Gasteiger partial charge in [0, 0.05) is 17.6 Å². The molecule has 2 aliphatic carbocycles. The first kappa shape index (κ1) is 17.6. The van der Waals surface area contributed by atoms with Crippen LogP contribution in [-0.4, -0.2) is 11.0 Å². The van der Waals surface area contributed by atoms with Gasteiger partial charge >= 0.3 is 0 Å². The Labute approximate surface area is 149 Å². The van der Waals surface area contributed by atoms with Gasteiger partial charge in [0.05, 0.1) is 5.52 Å². The molecule has 2 aliphatic rings. The molecule has 2 aromatic rings. The number of halogens is 2. The maximum absolute atomic E-state index is 13.6. The molecule has 1 atom stereocenters. The molecule has 0 bridgehead atoms. The Balaban J connectivity index is 0.00000169. The van der Waals surface area contributed by atoms with Crippen LogP contribution in [0.2, 0.25) is 0 Å². The summed E-state index contributed by atoms with van der Waals surface area (Å²) in [6, 6.07) is 7.44. The molecule has 24 heavy (non-hydrogen) atoms. The van der Waals surface area contributed by atoms with Crippen molar-refractivity contribution >= 4 is 23.3 Å². The van der Waals surface area contributed by atoms with Crippen LogP contribution in [0.1, 0.15) is 56.4 Å². The van der Waals surface area contributed by atoms with Crippen molar-refractivity contribution < 1.29 is 4.39 Å². The molecule has 2 nitrogen and oxygen atoms in total. The largest absolute Gasteiger partial charge is 0.327 e. The van der Waals surface area contributed by atoms with E-state index in [-0.39, 0.29) is 18.2 Å². The minimum Gasteiger partial charge on any atom is -0.327 e. The molecular formula is C20H26ClFN2. The molecule has 130 valence electrons. The van der Waals surface area contributed by atoms with Gasteiger partial charge in [-0.05, 0) is 92.5 Å². The highest BCUT2D eigenvalue weighted by molar-refractivity contribution is 5.85. The lowest BCUT2D eigenvalue weighted by Crippen LogP contribution is -2.27. The number of fused-ring (bicyclic) bond motifs is 1. The van der Waals surface area contributed by atoms with E-state index in [9.17, 15) is 4.39 Å². The van der Waals surface area contributed by atoms with Gasteiger partial charge in [-0.1, -0.05) is 0 Å². The molecule has 1 unspecified atom stereocenters. The number of hydrogen-bond donors (Lipinski definition) is 1. The van der Waals surface area contributed by atoms with E-state index in [1.807, 2.05) is 6.20 Å². The van der Waals surface area contributed by atoms with Crippen molar-refractivity contribution in [2.24, 2.45) is 17.6 Å². The molecule has 0 spiro atoms. The Morgan fingerprint density at radius 3 is 2.54 bits per heavy atom. The van der Waals surface area contributed by atoms with Crippen LogP contribution in [0.15, 0.2) is 30.5 Å². The average molecular weight is 349 g/mol. The zero-order valence-electron chi connectivity index (χ0n) is 14.0. The molecule has 4 rings (SSSR count). The van der Waals surface area contributed by atoms with Crippen molar-refractivity contribution in [3.63, 3.8) is 0 Å². The van der Waals surface area contributed by atoms with Crippen LogP contribution >= 0.6 is 12.4 Å². The molecule has 0 aliphatic heterocycles. The minimum atomic E-state index is -0.171. The Hall–Kier alpha value is -1.19. The minimum absolute atomic E-state index is 0. The van der Waals surface area contributed by atoms with Gasteiger partial charge < -0.3 is 5.73 Å².